The maximum atomic E-state index is 13.4. The van der Waals surface area contributed by atoms with Crippen molar-refractivity contribution in [1.82, 2.24) is 4.98 Å². The lowest BCUT2D eigenvalue weighted by Crippen LogP contribution is -2.16. The Hall–Kier alpha value is -3.66. The molecule has 2 aromatic carbocycles. The van der Waals surface area contributed by atoms with Crippen LogP contribution in [0.4, 0.5) is 29.1 Å². The molecule has 0 spiro atoms. The molecule has 1 amide bonds. The number of nitrogens with two attached hydrogens (primary N) is 1. The van der Waals surface area contributed by atoms with Crippen LogP contribution in [0, 0.1) is 12.7 Å². The molecule has 168 valence electrons. The van der Waals surface area contributed by atoms with E-state index in [-0.39, 0.29) is 29.5 Å². The average Bonchev–Trinajstić information content (AvgIpc) is 2.72. The molecular weight excluding hydrogens is 430 g/mol. The average molecular weight is 449 g/mol. The van der Waals surface area contributed by atoms with Crippen molar-refractivity contribution in [1.29, 1.82) is 0 Å². The Morgan fingerprint density at radius 1 is 1.09 bits per heavy atom. The molecule has 3 rings (SSSR count). The van der Waals surface area contributed by atoms with Gasteiger partial charge in [0.1, 0.15) is 23.1 Å². The number of carbonyl (C=O) groups is 1. The zero-order valence-corrected chi connectivity index (χ0v) is 17.1. The number of nitrogens with zero attached hydrogens (tertiary/aromatic N) is 1. The molecule has 3 N–H and O–H groups in total. The van der Waals surface area contributed by atoms with Gasteiger partial charge in [-0.1, -0.05) is 0 Å². The van der Waals surface area contributed by atoms with Gasteiger partial charge in [0.05, 0.1) is 23.4 Å². The second kappa shape index (κ2) is 9.23. The molecule has 0 radical (unpaired) electrons. The van der Waals surface area contributed by atoms with Crippen LogP contribution in [-0.4, -0.2) is 18.0 Å². The molecule has 0 saturated carbocycles. The highest BCUT2D eigenvalue weighted by Gasteiger charge is 2.34. The standard InChI is InChI=1S/C22H19F4N3O3/c1-12-9-16(20(27)29-19(12)11-31-2)21(30)28-13-3-5-14(6-4-13)32-15-7-8-18(23)17(10-15)22(24,25)26/h3-10H,11H2,1-2H3,(H2,27,29)(H,28,30). The number of hydrogen-bond acceptors (Lipinski definition) is 5. The summed E-state index contributed by atoms with van der Waals surface area (Å²) in [5.41, 5.74) is 6.42. The van der Waals surface area contributed by atoms with Gasteiger partial charge in [-0.05, 0) is 61.0 Å². The molecule has 3 aromatic rings. The third-order valence-corrected chi connectivity index (χ3v) is 4.46. The summed E-state index contributed by atoms with van der Waals surface area (Å²) in [5, 5.41) is 2.66. The molecule has 0 aliphatic carbocycles. The third kappa shape index (κ3) is 5.33. The minimum atomic E-state index is -4.84. The van der Waals surface area contributed by atoms with E-state index in [9.17, 15) is 22.4 Å². The van der Waals surface area contributed by atoms with E-state index in [0.717, 1.165) is 11.6 Å². The van der Waals surface area contributed by atoms with Crippen molar-refractivity contribution in [3.8, 4) is 11.5 Å². The van der Waals surface area contributed by atoms with Crippen LogP contribution in [0.1, 0.15) is 27.2 Å². The summed E-state index contributed by atoms with van der Waals surface area (Å²) in [7, 11) is 1.52. The second-order valence-electron chi connectivity index (χ2n) is 6.84. The predicted molar refractivity (Wildman–Crippen MR) is 110 cm³/mol. The van der Waals surface area contributed by atoms with Gasteiger partial charge in [0.25, 0.3) is 5.91 Å². The Labute approximate surface area is 181 Å². The monoisotopic (exact) mass is 449 g/mol. The first-order valence-electron chi connectivity index (χ1n) is 9.29. The van der Waals surface area contributed by atoms with Crippen LogP contribution in [0.2, 0.25) is 0 Å². The molecule has 1 heterocycles. The van der Waals surface area contributed by atoms with Gasteiger partial charge in [-0.3, -0.25) is 4.79 Å². The van der Waals surface area contributed by atoms with Crippen LogP contribution in [0.5, 0.6) is 11.5 Å². The number of hydrogen-bond donors (Lipinski definition) is 2. The Bertz CT molecular complexity index is 1130. The van der Waals surface area contributed by atoms with E-state index in [1.807, 2.05) is 0 Å². The van der Waals surface area contributed by atoms with Crippen LogP contribution < -0.4 is 15.8 Å². The number of methoxy groups -OCH3 is 1. The minimum absolute atomic E-state index is 0.0527. The maximum Gasteiger partial charge on any atom is 0.419 e. The number of alkyl halides is 3. The molecule has 0 fully saturated rings. The second-order valence-corrected chi connectivity index (χ2v) is 6.84. The van der Waals surface area contributed by atoms with Crippen molar-refractivity contribution in [2.45, 2.75) is 19.7 Å². The van der Waals surface area contributed by atoms with Crippen molar-refractivity contribution in [3.63, 3.8) is 0 Å². The lowest BCUT2D eigenvalue weighted by Gasteiger charge is -2.12. The number of ether oxygens (including phenoxy) is 2. The van der Waals surface area contributed by atoms with Crippen LogP contribution in [0.25, 0.3) is 0 Å². The maximum absolute atomic E-state index is 13.4. The fraction of sp³-hybridized carbons (Fsp3) is 0.182. The van der Waals surface area contributed by atoms with E-state index in [4.69, 9.17) is 15.2 Å². The van der Waals surface area contributed by atoms with Crippen LogP contribution in [0.15, 0.2) is 48.5 Å². The molecule has 32 heavy (non-hydrogen) atoms. The van der Waals surface area contributed by atoms with Crippen LogP contribution in [0.3, 0.4) is 0 Å². The Kier molecular flexibility index (Phi) is 6.64. The van der Waals surface area contributed by atoms with E-state index < -0.39 is 23.5 Å². The predicted octanol–water partition coefficient (Wildman–Crippen LogP) is 5.32. The number of benzene rings is 2. The molecule has 0 atom stereocenters. The molecule has 0 aliphatic rings. The van der Waals surface area contributed by atoms with Crippen molar-refractivity contribution in [2.24, 2.45) is 0 Å². The molecule has 1 aromatic heterocycles. The first-order chi connectivity index (χ1) is 15.1. The summed E-state index contributed by atoms with van der Waals surface area (Å²) in [5.74, 6) is -1.80. The highest BCUT2D eigenvalue weighted by atomic mass is 19.4. The Balaban J connectivity index is 1.72. The number of nitrogen functional groups attached to an aromatic ring is 1. The Morgan fingerprint density at radius 2 is 1.75 bits per heavy atom. The largest absolute Gasteiger partial charge is 0.457 e. The Morgan fingerprint density at radius 3 is 2.38 bits per heavy atom. The molecule has 0 bridgehead atoms. The van der Waals surface area contributed by atoms with E-state index >= 15 is 0 Å². The highest BCUT2D eigenvalue weighted by molar-refractivity contribution is 6.07. The van der Waals surface area contributed by atoms with E-state index in [1.54, 1.807) is 13.0 Å². The topological polar surface area (TPSA) is 86.5 Å². The quantitative estimate of drug-likeness (QED) is 0.498. The van der Waals surface area contributed by atoms with E-state index in [1.165, 1.54) is 31.4 Å². The smallest absolute Gasteiger partial charge is 0.419 e. The number of pyridine rings is 1. The number of amides is 1. The number of aryl methyl sites for hydroxylation is 1. The van der Waals surface area contributed by atoms with E-state index in [2.05, 4.69) is 10.3 Å². The SMILES string of the molecule is COCc1nc(N)c(C(=O)Nc2ccc(Oc3ccc(F)c(C(F)(F)F)c3)cc2)cc1C. The summed E-state index contributed by atoms with van der Waals surface area (Å²) in [6.45, 7) is 2.04. The number of anilines is 2. The fourth-order valence-corrected chi connectivity index (χ4v) is 2.86. The summed E-state index contributed by atoms with van der Waals surface area (Å²) >= 11 is 0. The van der Waals surface area contributed by atoms with Crippen LogP contribution in [-0.2, 0) is 17.5 Å². The van der Waals surface area contributed by atoms with Gasteiger partial charge in [0.2, 0.25) is 0 Å². The van der Waals surface area contributed by atoms with Crippen molar-refractivity contribution in [2.75, 3.05) is 18.2 Å². The zero-order chi connectivity index (χ0) is 23.5. The van der Waals surface area contributed by atoms with Gasteiger partial charge in [0.15, 0.2) is 0 Å². The van der Waals surface area contributed by atoms with Crippen molar-refractivity contribution >= 4 is 17.4 Å². The summed E-state index contributed by atoms with van der Waals surface area (Å²) in [4.78, 5) is 16.7. The first-order valence-corrected chi connectivity index (χ1v) is 9.29. The lowest BCUT2D eigenvalue weighted by atomic mass is 10.1. The number of aromatic nitrogens is 1. The molecule has 0 unspecified atom stereocenters. The minimum Gasteiger partial charge on any atom is -0.457 e. The van der Waals surface area contributed by atoms with Gasteiger partial charge in [-0.2, -0.15) is 13.2 Å². The van der Waals surface area contributed by atoms with Crippen molar-refractivity contribution < 1.29 is 31.8 Å². The summed E-state index contributed by atoms with van der Waals surface area (Å²) in [6, 6.07) is 9.85. The number of rotatable bonds is 6. The molecular formula is C22H19F4N3O3. The summed E-state index contributed by atoms with van der Waals surface area (Å²) < 4.78 is 62.3. The normalized spacial score (nSPS) is 11.3. The number of carbonyl (C=O) groups excluding carboxylic acids is 1. The molecule has 0 aliphatic heterocycles. The van der Waals surface area contributed by atoms with Gasteiger partial charge >= 0.3 is 6.18 Å². The van der Waals surface area contributed by atoms with Crippen LogP contribution >= 0.6 is 0 Å². The summed E-state index contributed by atoms with van der Waals surface area (Å²) in [6.07, 6.45) is -4.84. The van der Waals surface area contributed by atoms with Gasteiger partial charge in [0, 0.05) is 12.8 Å². The van der Waals surface area contributed by atoms with Gasteiger partial charge < -0.3 is 20.5 Å². The zero-order valence-electron chi connectivity index (χ0n) is 17.1. The van der Waals surface area contributed by atoms with Crippen molar-refractivity contribution in [3.05, 3.63) is 76.7 Å². The molecule has 0 saturated heterocycles. The molecule has 10 heteroatoms. The van der Waals surface area contributed by atoms with Gasteiger partial charge in [-0.15, -0.1) is 0 Å². The fourth-order valence-electron chi connectivity index (χ4n) is 2.86. The van der Waals surface area contributed by atoms with E-state index in [0.29, 0.717) is 23.5 Å². The van der Waals surface area contributed by atoms with Gasteiger partial charge in [-0.25, -0.2) is 9.37 Å². The molecule has 6 nitrogen and oxygen atoms in total. The number of halogens is 4. The third-order valence-electron chi connectivity index (χ3n) is 4.46. The number of nitrogens with one attached hydrogen (secondary N) is 1. The lowest BCUT2D eigenvalue weighted by molar-refractivity contribution is -0.140. The first kappa shape index (κ1) is 23.0. The highest BCUT2D eigenvalue weighted by Crippen LogP contribution is 2.35.